The highest BCUT2D eigenvalue weighted by Gasteiger charge is 2.70. The lowest BCUT2D eigenvalue weighted by Gasteiger charge is -2.50. The van der Waals surface area contributed by atoms with Crippen molar-refractivity contribution in [2.45, 2.75) is 62.4 Å². The van der Waals surface area contributed by atoms with Crippen molar-refractivity contribution < 1.29 is 13.2 Å². The molecule has 2 saturated carbocycles. The number of nitrogens with zero attached hydrogens (tertiary/aromatic N) is 7. The Kier molecular flexibility index (Phi) is 5.99. The van der Waals surface area contributed by atoms with Crippen LogP contribution >= 0.6 is 0 Å². The largest absolute Gasteiger partial charge is 0.406 e. The zero-order valence-electron chi connectivity index (χ0n) is 22.0. The molecule has 5 N–H and O–H groups in total. The van der Waals surface area contributed by atoms with E-state index in [1.54, 1.807) is 22.1 Å². The second-order valence-electron chi connectivity index (χ2n) is 10.9. The molecule has 0 bridgehead atoms. The van der Waals surface area contributed by atoms with Crippen LogP contribution in [0.25, 0.3) is 16.9 Å². The summed E-state index contributed by atoms with van der Waals surface area (Å²) in [5.74, 6) is 0.781. The van der Waals surface area contributed by atoms with Gasteiger partial charge in [-0.15, -0.1) is 0 Å². The molecule has 3 aromatic heterocycles. The van der Waals surface area contributed by atoms with Gasteiger partial charge in [0, 0.05) is 24.3 Å². The van der Waals surface area contributed by atoms with Gasteiger partial charge in [-0.2, -0.15) is 18.3 Å². The second kappa shape index (κ2) is 9.50. The van der Waals surface area contributed by atoms with Gasteiger partial charge in [0.25, 0.3) is 0 Å². The topological polar surface area (TPSA) is 127 Å². The van der Waals surface area contributed by atoms with Crippen LogP contribution in [0.15, 0.2) is 67.4 Å². The van der Waals surface area contributed by atoms with E-state index in [4.69, 9.17) is 16.5 Å². The molecule has 0 radical (unpaired) electrons. The Balaban J connectivity index is 1.27. The van der Waals surface area contributed by atoms with Gasteiger partial charge in [-0.3, -0.25) is 5.73 Å². The fraction of sp³-hybridized carbons (Fsp3) is 0.357. The molecule has 10 nitrogen and oxygen atoms in total. The van der Waals surface area contributed by atoms with Crippen molar-refractivity contribution in [3.63, 3.8) is 0 Å². The summed E-state index contributed by atoms with van der Waals surface area (Å²) in [5, 5.41) is 7.52. The number of alkyl halides is 3. The first-order chi connectivity index (χ1) is 19.7. The molecule has 1 aliphatic heterocycles. The molecule has 2 atom stereocenters. The van der Waals surface area contributed by atoms with Crippen LogP contribution in [0.3, 0.4) is 0 Å². The predicted molar refractivity (Wildman–Crippen MR) is 146 cm³/mol. The van der Waals surface area contributed by atoms with E-state index in [-0.39, 0.29) is 19.4 Å². The molecule has 0 amide bonds. The van der Waals surface area contributed by atoms with Crippen molar-refractivity contribution in [2.75, 3.05) is 10.2 Å². The third-order valence-electron chi connectivity index (χ3n) is 8.08. The Morgan fingerprint density at radius 1 is 1.05 bits per heavy atom. The lowest BCUT2D eigenvalue weighted by molar-refractivity contribution is -0.211. The Hall–Kier alpha value is -4.07. The molecule has 0 saturated heterocycles. The summed E-state index contributed by atoms with van der Waals surface area (Å²) in [4.78, 5) is 16.2. The predicted octanol–water partition coefficient (Wildman–Crippen LogP) is 3.92. The monoisotopic (exact) mass is 562 g/mol. The highest BCUT2D eigenvalue weighted by molar-refractivity contribution is 5.65. The van der Waals surface area contributed by atoms with Crippen LogP contribution in [-0.2, 0) is 6.54 Å². The zero-order chi connectivity index (χ0) is 28.4. The minimum absolute atomic E-state index is 0.0675. The SMILES string of the molecule is NC1c2nc(-c3ccc(NC4CC4)nc3)ccc2N(Cc2cccc(-n3cncn3)c2)C(N)N1C1(C(F)(F)F)CC1. The molecule has 2 unspecified atom stereocenters. The Morgan fingerprint density at radius 2 is 1.88 bits per heavy atom. The molecule has 2 aliphatic carbocycles. The van der Waals surface area contributed by atoms with Crippen molar-refractivity contribution in [3.05, 3.63) is 78.6 Å². The lowest BCUT2D eigenvalue weighted by Crippen LogP contribution is -2.67. The fourth-order valence-corrected chi connectivity index (χ4v) is 5.59. The molecule has 3 aliphatic rings. The van der Waals surface area contributed by atoms with E-state index in [0.717, 1.165) is 35.5 Å². The summed E-state index contributed by atoms with van der Waals surface area (Å²) < 4.78 is 44.9. The zero-order valence-corrected chi connectivity index (χ0v) is 22.0. The molecule has 2 fully saturated rings. The van der Waals surface area contributed by atoms with E-state index in [2.05, 4.69) is 20.4 Å². The molecule has 1 aromatic carbocycles. The summed E-state index contributed by atoms with van der Waals surface area (Å²) in [7, 11) is 0. The molecule has 13 heteroatoms. The summed E-state index contributed by atoms with van der Waals surface area (Å²) in [6.07, 6.45) is 0.0861. The van der Waals surface area contributed by atoms with Gasteiger partial charge >= 0.3 is 6.18 Å². The minimum atomic E-state index is -4.50. The van der Waals surface area contributed by atoms with E-state index in [0.29, 0.717) is 23.1 Å². The van der Waals surface area contributed by atoms with Crippen molar-refractivity contribution in [3.8, 4) is 16.9 Å². The van der Waals surface area contributed by atoms with Crippen LogP contribution in [-0.4, -0.2) is 53.7 Å². The van der Waals surface area contributed by atoms with Crippen molar-refractivity contribution >= 4 is 11.5 Å². The number of pyridine rings is 2. The first kappa shape index (κ1) is 25.9. The van der Waals surface area contributed by atoms with E-state index in [9.17, 15) is 13.2 Å². The molecule has 4 aromatic rings. The average molecular weight is 563 g/mol. The number of hydrogen-bond acceptors (Lipinski definition) is 9. The number of nitrogens with one attached hydrogen (secondary N) is 1. The number of rotatable bonds is 7. The normalized spacial score (nSPS) is 21.9. The molecule has 4 heterocycles. The third kappa shape index (κ3) is 4.59. The summed E-state index contributed by atoms with van der Waals surface area (Å²) >= 11 is 0. The number of halogens is 3. The van der Waals surface area contributed by atoms with Gasteiger partial charge in [0.2, 0.25) is 0 Å². The maximum atomic E-state index is 14.4. The van der Waals surface area contributed by atoms with Gasteiger partial charge in [-0.05, 0) is 67.6 Å². The lowest BCUT2D eigenvalue weighted by atomic mass is 10.0. The number of anilines is 2. The minimum Gasteiger partial charge on any atom is -0.367 e. The van der Waals surface area contributed by atoms with E-state index in [1.807, 2.05) is 48.5 Å². The summed E-state index contributed by atoms with van der Waals surface area (Å²) in [5.41, 5.74) is 15.0. The Morgan fingerprint density at radius 3 is 2.54 bits per heavy atom. The van der Waals surface area contributed by atoms with Crippen LogP contribution in [0.1, 0.15) is 43.1 Å². The standard InChI is InChI=1S/C28H29F3N10/c29-28(30,31)27(10-11-27)41-25(32)24-22(8-7-21(38-24)18-4-9-23(35-13-18)37-19-5-6-19)39(26(41)33)14-17-2-1-3-20(12-17)40-16-34-15-36-40/h1-4,7-9,12-13,15-16,19,25-26H,5-6,10-11,14,32-33H2,(H,35,37). The number of nitrogens with two attached hydrogens (primary N) is 2. The van der Waals surface area contributed by atoms with Crippen LogP contribution in [0, 0.1) is 0 Å². The highest BCUT2D eigenvalue weighted by Crippen LogP contribution is 2.57. The Labute approximate surface area is 234 Å². The first-order valence-corrected chi connectivity index (χ1v) is 13.5. The summed E-state index contributed by atoms with van der Waals surface area (Å²) in [6.45, 7) is 0.234. The maximum absolute atomic E-state index is 14.4. The van der Waals surface area contributed by atoms with Crippen molar-refractivity contribution in [1.82, 2.24) is 29.6 Å². The Bertz CT molecular complexity index is 1550. The highest BCUT2D eigenvalue weighted by atomic mass is 19.4. The maximum Gasteiger partial charge on any atom is 0.406 e. The molecule has 212 valence electrons. The number of benzene rings is 1. The fourth-order valence-electron chi connectivity index (χ4n) is 5.59. The van der Waals surface area contributed by atoms with Gasteiger partial charge in [0.1, 0.15) is 36.5 Å². The molecule has 0 spiro atoms. The van der Waals surface area contributed by atoms with Gasteiger partial charge in [-0.25, -0.2) is 24.5 Å². The van der Waals surface area contributed by atoms with Crippen LogP contribution in [0.5, 0.6) is 0 Å². The quantitative estimate of drug-likeness (QED) is 0.307. The summed E-state index contributed by atoms with van der Waals surface area (Å²) in [6, 6.07) is 15.4. The number of fused-ring (bicyclic) bond motifs is 1. The molecule has 7 rings (SSSR count). The van der Waals surface area contributed by atoms with Crippen LogP contribution in [0.4, 0.5) is 24.7 Å². The number of aromatic nitrogens is 5. The third-order valence-corrected chi connectivity index (χ3v) is 8.08. The second-order valence-corrected chi connectivity index (χ2v) is 10.9. The first-order valence-electron chi connectivity index (χ1n) is 13.5. The number of hydrogen-bond donors (Lipinski definition) is 3. The smallest absolute Gasteiger partial charge is 0.367 e. The van der Waals surface area contributed by atoms with Crippen molar-refractivity contribution in [1.29, 1.82) is 0 Å². The average Bonchev–Trinajstić information content (AvgIpc) is 3.89. The van der Waals surface area contributed by atoms with Crippen LogP contribution in [0.2, 0.25) is 0 Å². The van der Waals surface area contributed by atoms with Crippen LogP contribution < -0.4 is 21.7 Å². The van der Waals surface area contributed by atoms with E-state index < -0.39 is 24.2 Å². The van der Waals surface area contributed by atoms with Gasteiger partial charge in [0.05, 0.1) is 22.8 Å². The van der Waals surface area contributed by atoms with E-state index >= 15 is 0 Å². The van der Waals surface area contributed by atoms with Gasteiger partial charge in [0.15, 0.2) is 0 Å². The van der Waals surface area contributed by atoms with Crippen molar-refractivity contribution in [2.24, 2.45) is 11.5 Å². The van der Waals surface area contributed by atoms with Gasteiger partial charge < -0.3 is 16.0 Å². The molecular formula is C28H29F3N10. The molecule has 41 heavy (non-hydrogen) atoms. The molecular weight excluding hydrogens is 533 g/mol. The van der Waals surface area contributed by atoms with Gasteiger partial charge in [-0.1, -0.05) is 12.1 Å². The van der Waals surface area contributed by atoms with E-state index in [1.165, 1.54) is 11.2 Å².